The molecule has 0 aromatic heterocycles. The van der Waals surface area contributed by atoms with Crippen LogP contribution in [0.5, 0.6) is 0 Å². The molecule has 2 rings (SSSR count). The molecule has 0 saturated heterocycles. The summed E-state index contributed by atoms with van der Waals surface area (Å²) >= 11 is 6.79. The monoisotopic (exact) mass is 365 g/mol. The molecule has 1 nitrogen and oxygen atoms in total. The van der Waals surface area contributed by atoms with Gasteiger partial charge < -0.3 is 5.32 Å². The fourth-order valence-corrected chi connectivity index (χ4v) is 2.21. The molecule has 3 heteroatoms. The van der Waals surface area contributed by atoms with Gasteiger partial charge in [-0.2, -0.15) is 0 Å². The molecule has 0 spiro atoms. The largest absolute Gasteiger partial charge is 0.355 e. The molecule has 0 heterocycles. The summed E-state index contributed by atoms with van der Waals surface area (Å²) in [5.74, 6) is 0. The molecule has 2 aromatic rings. The molecule has 0 amide bonds. The van der Waals surface area contributed by atoms with Crippen LogP contribution in [0.1, 0.15) is 11.1 Å². The number of anilines is 2. The summed E-state index contributed by atoms with van der Waals surface area (Å²) < 4.78 is 0.925. The zero-order valence-corrected chi connectivity index (χ0v) is 13.1. The molecular formula is C15H13Br2N. The van der Waals surface area contributed by atoms with Crippen molar-refractivity contribution in [1.29, 1.82) is 0 Å². The van der Waals surface area contributed by atoms with Crippen LogP contribution in [0.3, 0.4) is 0 Å². The Morgan fingerprint density at radius 2 is 1.56 bits per heavy atom. The topological polar surface area (TPSA) is 12.0 Å². The van der Waals surface area contributed by atoms with Crippen LogP contribution in [0.15, 0.2) is 51.9 Å². The molecule has 0 fully saturated rings. The first kappa shape index (κ1) is 13.4. The lowest BCUT2D eigenvalue weighted by Crippen LogP contribution is -1.94. The van der Waals surface area contributed by atoms with Gasteiger partial charge >= 0.3 is 0 Å². The minimum Gasteiger partial charge on any atom is -0.355 e. The Balaban J connectivity index is 2.35. The smallest absolute Gasteiger partial charge is 0.0610 e. The van der Waals surface area contributed by atoms with Gasteiger partial charge in [-0.15, -0.1) is 0 Å². The SMILES string of the molecule is Cc1ccccc1Nc1ccccc1C=C(Br)Br. The van der Waals surface area contributed by atoms with Crippen molar-refractivity contribution in [2.45, 2.75) is 6.92 Å². The molecule has 1 N–H and O–H groups in total. The van der Waals surface area contributed by atoms with E-state index in [1.165, 1.54) is 5.56 Å². The first-order valence-corrected chi connectivity index (χ1v) is 7.20. The lowest BCUT2D eigenvalue weighted by atomic mass is 10.1. The van der Waals surface area contributed by atoms with Crippen LogP contribution in [-0.2, 0) is 0 Å². The number of hydrogen-bond donors (Lipinski definition) is 1. The molecule has 0 atom stereocenters. The normalized spacial score (nSPS) is 9.94. The number of rotatable bonds is 3. The van der Waals surface area contributed by atoms with Crippen molar-refractivity contribution in [2.75, 3.05) is 5.32 Å². The van der Waals surface area contributed by atoms with Crippen molar-refractivity contribution >= 4 is 49.3 Å². The van der Waals surface area contributed by atoms with Gasteiger partial charge in [0.25, 0.3) is 0 Å². The number of aryl methyl sites for hydroxylation is 1. The molecule has 0 aliphatic carbocycles. The van der Waals surface area contributed by atoms with Gasteiger partial charge in [0.15, 0.2) is 0 Å². The molecule has 0 saturated carbocycles. The maximum absolute atomic E-state index is 3.46. The maximum Gasteiger partial charge on any atom is 0.0610 e. The number of benzene rings is 2. The van der Waals surface area contributed by atoms with Crippen LogP contribution in [0.4, 0.5) is 11.4 Å². The third-order valence-corrected chi connectivity index (χ3v) is 3.10. The minimum atomic E-state index is 0.925. The van der Waals surface area contributed by atoms with E-state index in [1.54, 1.807) is 0 Å². The first-order chi connectivity index (χ1) is 8.66. The number of nitrogens with one attached hydrogen (secondary N) is 1. The molecule has 18 heavy (non-hydrogen) atoms. The lowest BCUT2D eigenvalue weighted by molar-refractivity contribution is 1.43. The van der Waals surface area contributed by atoms with Crippen LogP contribution in [0.2, 0.25) is 0 Å². The Morgan fingerprint density at radius 3 is 2.22 bits per heavy atom. The summed E-state index contributed by atoms with van der Waals surface area (Å²) in [5.41, 5.74) is 4.57. The van der Waals surface area contributed by atoms with E-state index < -0.39 is 0 Å². The van der Waals surface area contributed by atoms with Crippen LogP contribution >= 0.6 is 31.9 Å². The Hall–Kier alpha value is -1.06. The Bertz CT molecular complexity index is 572. The molecule has 0 unspecified atom stereocenters. The van der Waals surface area contributed by atoms with Crippen molar-refractivity contribution in [2.24, 2.45) is 0 Å². The fraction of sp³-hybridized carbons (Fsp3) is 0.0667. The molecular weight excluding hydrogens is 354 g/mol. The number of para-hydroxylation sites is 2. The zero-order valence-electron chi connectivity index (χ0n) is 9.95. The molecule has 92 valence electrons. The van der Waals surface area contributed by atoms with Gasteiger partial charge in [0.2, 0.25) is 0 Å². The van der Waals surface area contributed by atoms with Crippen molar-refractivity contribution in [1.82, 2.24) is 0 Å². The van der Waals surface area contributed by atoms with Gasteiger partial charge in [-0.3, -0.25) is 0 Å². The molecule has 0 bridgehead atoms. The molecule has 0 radical (unpaired) electrons. The standard InChI is InChI=1S/C15H13Br2N/c1-11-6-2-4-8-13(11)18-14-9-5-3-7-12(14)10-15(16)17/h2-10,18H,1H3. The van der Waals surface area contributed by atoms with Gasteiger partial charge in [-0.05, 0) is 68.1 Å². The summed E-state index contributed by atoms with van der Waals surface area (Å²) in [6.45, 7) is 2.10. The second-order valence-corrected chi connectivity index (χ2v) is 6.73. The van der Waals surface area contributed by atoms with Gasteiger partial charge in [0.05, 0.1) is 3.39 Å². The summed E-state index contributed by atoms with van der Waals surface area (Å²) in [6.07, 6.45) is 2.03. The highest BCUT2D eigenvalue weighted by molar-refractivity contribution is 9.28. The molecule has 2 aromatic carbocycles. The van der Waals surface area contributed by atoms with Crippen molar-refractivity contribution in [3.8, 4) is 0 Å². The second kappa shape index (κ2) is 6.21. The first-order valence-electron chi connectivity index (χ1n) is 5.61. The highest BCUT2D eigenvalue weighted by atomic mass is 79.9. The van der Waals surface area contributed by atoms with Gasteiger partial charge in [-0.1, -0.05) is 36.4 Å². The fourth-order valence-electron chi connectivity index (χ4n) is 1.71. The highest BCUT2D eigenvalue weighted by Crippen LogP contribution is 2.27. The van der Waals surface area contributed by atoms with E-state index in [1.807, 2.05) is 30.3 Å². The summed E-state index contributed by atoms with van der Waals surface area (Å²) in [7, 11) is 0. The van der Waals surface area contributed by atoms with E-state index >= 15 is 0 Å². The van der Waals surface area contributed by atoms with Crippen LogP contribution < -0.4 is 5.32 Å². The second-order valence-electron chi connectivity index (χ2n) is 3.96. The van der Waals surface area contributed by atoms with Crippen LogP contribution in [-0.4, -0.2) is 0 Å². The number of hydrogen-bond acceptors (Lipinski definition) is 1. The van der Waals surface area contributed by atoms with Crippen molar-refractivity contribution < 1.29 is 0 Å². The van der Waals surface area contributed by atoms with Gasteiger partial charge in [0, 0.05) is 11.4 Å². The van der Waals surface area contributed by atoms with Crippen molar-refractivity contribution in [3.05, 3.63) is 63.0 Å². The number of halogens is 2. The average Bonchev–Trinajstić information content (AvgIpc) is 2.34. The third kappa shape index (κ3) is 3.47. The summed E-state index contributed by atoms with van der Waals surface area (Å²) in [4.78, 5) is 0. The Morgan fingerprint density at radius 1 is 0.944 bits per heavy atom. The third-order valence-electron chi connectivity index (χ3n) is 2.64. The van der Waals surface area contributed by atoms with Gasteiger partial charge in [-0.25, -0.2) is 0 Å². The highest BCUT2D eigenvalue weighted by Gasteiger charge is 2.02. The van der Waals surface area contributed by atoms with E-state index in [9.17, 15) is 0 Å². The van der Waals surface area contributed by atoms with Gasteiger partial charge in [0.1, 0.15) is 0 Å². The van der Waals surface area contributed by atoms with E-state index in [4.69, 9.17) is 0 Å². The summed E-state index contributed by atoms with van der Waals surface area (Å²) in [5, 5.41) is 3.46. The van der Waals surface area contributed by atoms with E-state index in [0.29, 0.717) is 0 Å². The summed E-state index contributed by atoms with van der Waals surface area (Å²) in [6, 6.07) is 16.5. The van der Waals surface area contributed by atoms with Crippen molar-refractivity contribution in [3.63, 3.8) is 0 Å². The predicted molar refractivity (Wildman–Crippen MR) is 86.7 cm³/mol. The zero-order chi connectivity index (χ0) is 13.0. The quantitative estimate of drug-likeness (QED) is 0.720. The average molecular weight is 367 g/mol. The lowest BCUT2D eigenvalue weighted by Gasteiger charge is -2.11. The minimum absolute atomic E-state index is 0.925. The Kier molecular flexibility index (Phi) is 4.61. The maximum atomic E-state index is 3.46. The predicted octanol–water partition coefficient (Wildman–Crippen LogP) is 5.83. The molecule has 0 aliphatic heterocycles. The van der Waals surface area contributed by atoms with E-state index in [0.717, 1.165) is 20.3 Å². The van der Waals surface area contributed by atoms with Crippen LogP contribution in [0.25, 0.3) is 6.08 Å². The Labute approximate surface area is 124 Å². The molecule has 0 aliphatic rings. The van der Waals surface area contributed by atoms with E-state index in [2.05, 4.69) is 68.4 Å². The van der Waals surface area contributed by atoms with E-state index in [-0.39, 0.29) is 0 Å². The van der Waals surface area contributed by atoms with Crippen LogP contribution in [0, 0.1) is 6.92 Å².